The maximum Gasteiger partial charge on any atom is 0.387 e. The summed E-state index contributed by atoms with van der Waals surface area (Å²) in [5, 5.41) is 5.91. The number of methoxy groups -OCH3 is 2. The molecule has 1 rings (SSSR count). The molecule has 1 atom stereocenters. The van der Waals surface area contributed by atoms with Crippen molar-refractivity contribution in [3.63, 3.8) is 0 Å². The lowest BCUT2D eigenvalue weighted by atomic mass is 10.1. The normalized spacial score (nSPS) is 11.5. The Bertz CT molecular complexity index is 507. The van der Waals surface area contributed by atoms with Gasteiger partial charge in [0.05, 0.1) is 14.2 Å². The number of benzene rings is 1. The van der Waals surface area contributed by atoms with Gasteiger partial charge in [-0.05, 0) is 25.6 Å². The van der Waals surface area contributed by atoms with Crippen LogP contribution in [0.3, 0.4) is 0 Å². The average molecular weight is 369 g/mol. The fourth-order valence-corrected chi connectivity index (χ4v) is 1.98. The molecule has 0 aliphatic heterocycles. The van der Waals surface area contributed by atoms with Crippen molar-refractivity contribution >= 4 is 18.3 Å². The first kappa shape index (κ1) is 22.2. The molecule has 0 aliphatic carbocycles. The maximum atomic E-state index is 12.5. The van der Waals surface area contributed by atoms with Gasteiger partial charge in [0.25, 0.3) is 5.91 Å². The summed E-state index contributed by atoms with van der Waals surface area (Å²) < 4.78 is 39.4. The highest BCUT2D eigenvalue weighted by molar-refractivity contribution is 5.95. The minimum absolute atomic E-state index is 0. The molecule has 1 aromatic rings. The fraction of sp³-hybridized carbons (Fsp3) is 0.533. The van der Waals surface area contributed by atoms with E-state index in [0.717, 1.165) is 6.54 Å². The van der Waals surface area contributed by atoms with Gasteiger partial charge in [-0.1, -0.05) is 6.92 Å². The molecule has 0 aromatic heterocycles. The molecule has 2 N–H and O–H groups in total. The third-order valence-electron chi connectivity index (χ3n) is 3.05. The van der Waals surface area contributed by atoms with E-state index in [2.05, 4.69) is 15.4 Å². The Labute approximate surface area is 146 Å². The van der Waals surface area contributed by atoms with E-state index in [1.54, 1.807) is 0 Å². The molecule has 0 spiro atoms. The monoisotopic (exact) mass is 368 g/mol. The molecule has 0 fully saturated rings. The van der Waals surface area contributed by atoms with Crippen molar-refractivity contribution < 1.29 is 27.8 Å². The highest BCUT2D eigenvalue weighted by Crippen LogP contribution is 2.39. The molecule has 0 aliphatic rings. The van der Waals surface area contributed by atoms with Crippen LogP contribution in [0.1, 0.15) is 24.2 Å². The van der Waals surface area contributed by atoms with Gasteiger partial charge >= 0.3 is 6.61 Å². The SMILES string of the molecule is CCN[C@H](C)CNC(=O)c1cc(OC)c(OC(F)F)c(OC)c1.Cl. The van der Waals surface area contributed by atoms with E-state index in [-0.39, 0.29) is 47.2 Å². The summed E-state index contributed by atoms with van der Waals surface area (Å²) in [6, 6.07) is 2.76. The van der Waals surface area contributed by atoms with E-state index in [1.807, 2.05) is 13.8 Å². The summed E-state index contributed by atoms with van der Waals surface area (Å²) >= 11 is 0. The number of halogens is 3. The van der Waals surface area contributed by atoms with Crippen LogP contribution >= 0.6 is 12.4 Å². The molecule has 0 heterocycles. The number of nitrogens with one attached hydrogen (secondary N) is 2. The Morgan fingerprint density at radius 2 is 1.75 bits per heavy atom. The number of hydrogen-bond donors (Lipinski definition) is 2. The van der Waals surface area contributed by atoms with Gasteiger partial charge in [0.1, 0.15) is 0 Å². The predicted molar refractivity (Wildman–Crippen MR) is 88.9 cm³/mol. The summed E-state index contributed by atoms with van der Waals surface area (Å²) in [5.41, 5.74) is 0.226. The van der Waals surface area contributed by atoms with Gasteiger partial charge in [-0.15, -0.1) is 12.4 Å². The van der Waals surface area contributed by atoms with Crippen molar-refractivity contribution in [3.8, 4) is 17.2 Å². The van der Waals surface area contributed by atoms with Crippen molar-refractivity contribution in [1.29, 1.82) is 0 Å². The second-order valence-electron chi connectivity index (χ2n) is 4.76. The van der Waals surface area contributed by atoms with Crippen LogP contribution in [0.4, 0.5) is 8.78 Å². The third kappa shape index (κ3) is 6.37. The fourth-order valence-electron chi connectivity index (χ4n) is 1.98. The summed E-state index contributed by atoms with van der Waals surface area (Å²) in [7, 11) is 2.59. The molecule has 6 nitrogen and oxygen atoms in total. The number of rotatable bonds is 9. The van der Waals surface area contributed by atoms with Crippen LogP contribution in [-0.4, -0.2) is 45.9 Å². The molecular formula is C15H23ClF2N2O4. The Hall–Kier alpha value is -1.80. The predicted octanol–water partition coefficient (Wildman–Crippen LogP) is 2.45. The second kappa shape index (κ2) is 10.9. The van der Waals surface area contributed by atoms with Gasteiger partial charge in [-0.25, -0.2) is 0 Å². The van der Waals surface area contributed by atoms with Crippen LogP contribution in [0.5, 0.6) is 17.2 Å². The van der Waals surface area contributed by atoms with E-state index in [4.69, 9.17) is 9.47 Å². The maximum absolute atomic E-state index is 12.5. The lowest BCUT2D eigenvalue weighted by molar-refractivity contribution is -0.0526. The lowest BCUT2D eigenvalue weighted by Crippen LogP contribution is -2.38. The lowest BCUT2D eigenvalue weighted by Gasteiger charge is -2.16. The van der Waals surface area contributed by atoms with Crippen molar-refractivity contribution in [2.45, 2.75) is 26.5 Å². The van der Waals surface area contributed by atoms with Crippen LogP contribution in [0, 0.1) is 0 Å². The number of ether oxygens (including phenoxy) is 3. The first-order valence-electron chi connectivity index (χ1n) is 7.15. The molecule has 0 unspecified atom stereocenters. The van der Waals surface area contributed by atoms with Gasteiger partial charge in [-0.2, -0.15) is 8.78 Å². The molecule has 138 valence electrons. The Balaban J connectivity index is 0.00000529. The zero-order valence-electron chi connectivity index (χ0n) is 14.0. The highest BCUT2D eigenvalue weighted by Gasteiger charge is 2.20. The summed E-state index contributed by atoms with van der Waals surface area (Å²) in [5.74, 6) is -0.624. The Morgan fingerprint density at radius 3 is 2.17 bits per heavy atom. The van der Waals surface area contributed by atoms with Crippen LogP contribution in [0.2, 0.25) is 0 Å². The van der Waals surface area contributed by atoms with Crippen molar-refractivity contribution in [3.05, 3.63) is 17.7 Å². The minimum atomic E-state index is -3.03. The quantitative estimate of drug-likeness (QED) is 0.700. The van der Waals surface area contributed by atoms with E-state index in [9.17, 15) is 13.6 Å². The zero-order valence-corrected chi connectivity index (χ0v) is 14.8. The molecule has 0 saturated heterocycles. The largest absolute Gasteiger partial charge is 0.493 e. The molecule has 0 radical (unpaired) electrons. The van der Waals surface area contributed by atoms with Crippen LogP contribution in [0.15, 0.2) is 12.1 Å². The standard InChI is InChI=1S/C15H22F2N2O4.ClH/c1-5-18-9(2)8-19-14(20)10-6-11(21-3)13(23-15(16)17)12(7-10)22-4;/h6-7,9,15,18H,5,8H2,1-4H3,(H,19,20);1H/t9-;/m1./s1. The Morgan fingerprint density at radius 1 is 1.21 bits per heavy atom. The van der Waals surface area contributed by atoms with Gasteiger partial charge in [0.15, 0.2) is 11.5 Å². The summed E-state index contributed by atoms with van der Waals surface area (Å²) in [6.45, 7) is 2.09. The summed E-state index contributed by atoms with van der Waals surface area (Å²) in [4.78, 5) is 12.2. The van der Waals surface area contributed by atoms with Gasteiger partial charge in [-0.3, -0.25) is 4.79 Å². The first-order chi connectivity index (χ1) is 10.9. The molecule has 24 heavy (non-hydrogen) atoms. The number of amides is 1. The van der Waals surface area contributed by atoms with E-state index in [0.29, 0.717) is 6.54 Å². The van der Waals surface area contributed by atoms with Gasteiger partial charge < -0.3 is 24.8 Å². The molecule has 1 amide bonds. The second-order valence-corrected chi connectivity index (χ2v) is 4.76. The molecule has 9 heteroatoms. The van der Waals surface area contributed by atoms with E-state index in [1.165, 1.54) is 26.4 Å². The number of hydrogen-bond acceptors (Lipinski definition) is 5. The topological polar surface area (TPSA) is 68.8 Å². The first-order valence-corrected chi connectivity index (χ1v) is 7.15. The average Bonchev–Trinajstić information content (AvgIpc) is 2.52. The number of likely N-dealkylation sites (N-methyl/N-ethyl adjacent to an activating group) is 1. The molecule has 0 bridgehead atoms. The van der Waals surface area contributed by atoms with Gasteiger partial charge in [0.2, 0.25) is 5.75 Å². The zero-order chi connectivity index (χ0) is 17.4. The van der Waals surface area contributed by atoms with E-state index < -0.39 is 6.61 Å². The third-order valence-corrected chi connectivity index (χ3v) is 3.05. The molecule has 0 saturated carbocycles. The van der Waals surface area contributed by atoms with Crippen LogP contribution in [-0.2, 0) is 0 Å². The molecular weight excluding hydrogens is 346 g/mol. The van der Waals surface area contributed by atoms with Crippen molar-refractivity contribution in [1.82, 2.24) is 10.6 Å². The molecule has 1 aromatic carbocycles. The minimum Gasteiger partial charge on any atom is -0.493 e. The van der Waals surface area contributed by atoms with Crippen molar-refractivity contribution in [2.75, 3.05) is 27.3 Å². The number of carbonyl (C=O) groups excluding carboxylic acids is 1. The van der Waals surface area contributed by atoms with Crippen LogP contribution < -0.4 is 24.8 Å². The smallest absolute Gasteiger partial charge is 0.387 e. The number of alkyl halides is 2. The van der Waals surface area contributed by atoms with Crippen LogP contribution in [0.25, 0.3) is 0 Å². The Kier molecular flexibility index (Phi) is 10.1. The highest BCUT2D eigenvalue weighted by atomic mass is 35.5. The van der Waals surface area contributed by atoms with Crippen molar-refractivity contribution in [2.24, 2.45) is 0 Å². The number of carbonyl (C=O) groups is 1. The van der Waals surface area contributed by atoms with Gasteiger partial charge in [0, 0.05) is 18.2 Å². The van der Waals surface area contributed by atoms with E-state index >= 15 is 0 Å². The summed E-state index contributed by atoms with van der Waals surface area (Å²) in [6.07, 6.45) is 0.